The number of hydrogen-bond acceptors (Lipinski definition) is 2. The van der Waals surface area contributed by atoms with Crippen molar-refractivity contribution in [2.75, 3.05) is 0 Å². The number of aliphatic hydroxyl groups is 1. The second kappa shape index (κ2) is 6.95. The van der Waals surface area contributed by atoms with Crippen LogP contribution in [0.15, 0.2) is 79.0 Å². The summed E-state index contributed by atoms with van der Waals surface area (Å²) in [6, 6.07) is 23.1. The number of aromatic nitrogens is 1. The van der Waals surface area contributed by atoms with Crippen molar-refractivity contribution in [3.63, 3.8) is 0 Å². The highest BCUT2D eigenvalue weighted by molar-refractivity contribution is 6.30. The molecule has 0 bridgehead atoms. The van der Waals surface area contributed by atoms with Crippen LogP contribution in [-0.2, 0) is 12.0 Å². The average molecular weight is 324 g/mol. The maximum Gasteiger partial charge on any atom is 0.132 e. The highest BCUT2D eigenvalue weighted by atomic mass is 35.5. The predicted octanol–water partition coefficient (Wildman–Crippen LogP) is 4.60. The number of aryl methyl sites for hydroxylation is 1. The zero-order valence-electron chi connectivity index (χ0n) is 12.7. The van der Waals surface area contributed by atoms with Crippen LogP contribution in [0.1, 0.15) is 23.2 Å². The number of nitrogens with zero attached hydrogens (tertiary/aromatic N) is 1. The van der Waals surface area contributed by atoms with Gasteiger partial charge in [-0.25, -0.2) is 0 Å². The molecule has 0 aliphatic rings. The van der Waals surface area contributed by atoms with Gasteiger partial charge in [-0.15, -0.1) is 0 Å². The molecule has 1 N–H and O–H groups in total. The summed E-state index contributed by atoms with van der Waals surface area (Å²) in [6.07, 6.45) is 3.02. The number of benzene rings is 2. The van der Waals surface area contributed by atoms with E-state index in [1.54, 1.807) is 18.3 Å². The van der Waals surface area contributed by atoms with E-state index in [0.29, 0.717) is 17.1 Å². The largest absolute Gasteiger partial charge is 0.379 e. The monoisotopic (exact) mass is 323 g/mol. The Bertz CT molecular complexity index is 744. The standard InChI is InChI=1S/C20H18ClNO/c21-18-11-9-17(10-12-18)20(23,19-8-4-5-15-22-19)14-13-16-6-2-1-3-7-16/h1-12,15,23H,13-14H2/t20-/m1/s1. The Balaban J connectivity index is 1.95. The molecule has 116 valence electrons. The molecule has 0 radical (unpaired) electrons. The first kappa shape index (κ1) is 15.7. The average Bonchev–Trinajstić information content (AvgIpc) is 2.62. The van der Waals surface area contributed by atoms with Crippen LogP contribution in [0, 0.1) is 0 Å². The van der Waals surface area contributed by atoms with E-state index in [9.17, 15) is 5.11 Å². The van der Waals surface area contributed by atoms with Crippen LogP contribution in [-0.4, -0.2) is 10.1 Å². The van der Waals surface area contributed by atoms with Crippen molar-refractivity contribution >= 4 is 11.6 Å². The van der Waals surface area contributed by atoms with Crippen LogP contribution in [0.5, 0.6) is 0 Å². The van der Waals surface area contributed by atoms with Crippen molar-refractivity contribution in [1.82, 2.24) is 4.98 Å². The Morgan fingerprint density at radius 1 is 0.870 bits per heavy atom. The van der Waals surface area contributed by atoms with Crippen molar-refractivity contribution in [2.24, 2.45) is 0 Å². The molecular formula is C20H18ClNO. The third-order valence-electron chi connectivity index (χ3n) is 4.03. The van der Waals surface area contributed by atoms with Gasteiger partial charge in [0.15, 0.2) is 0 Å². The van der Waals surface area contributed by atoms with E-state index in [2.05, 4.69) is 17.1 Å². The normalized spacial score (nSPS) is 13.5. The first-order valence-corrected chi connectivity index (χ1v) is 8.00. The third kappa shape index (κ3) is 3.61. The fraction of sp³-hybridized carbons (Fsp3) is 0.150. The van der Waals surface area contributed by atoms with E-state index in [1.807, 2.05) is 48.5 Å². The Labute approximate surface area is 141 Å². The van der Waals surface area contributed by atoms with Crippen LogP contribution < -0.4 is 0 Å². The molecular weight excluding hydrogens is 306 g/mol. The zero-order chi connectivity index (χ0) is 16.1. The molecule has 1 aromatic heterocycles. The Hall–Kier alpha value is -2.16. The lowest BCUT2D eigenvalue weighted by molar-refractivity contribution is 0.0668. The number of hydrogen-bond donors (Lipinski definition) is 1. The molecule has 3 aromatic rings. The molecule has 0 spiro atoms. The van der Waals surface area contributed by atoms with Gasteiger partial charge in [-0.1, -0.05) is 60.1 Å². The smallest absolute Gasteiger partial charge is 0.132 e. The predicted molar refractivity (Wildman–Crippen MR) is 93.5 cm³/mol. The Morgan fingerprint density at radius 3 is 2.22 bits per heavy atom. The minimum Gasteiger partial charge on any atom is -0.379 e. The van der Waals surface area contributed by atoms with E-state index >= 15 is 0 Å². The van der Waals surface area contributed by atoms with E-state index < -0.39 is 5.60 Å². The van der Waals surface area contributed by atoms with Crippen LogP contribution in [0.25, 0.3) is 0 Å². The number of rotatable bonds is 5. The lowest BCUT2D eigenvalue weighted by Gasteiger charge is -2.28. The molecule has 0 amide bonds. The van der Waals surface area contributed by atoms with Crippen molar-refractivity contribution in [3.8, 4) is 0 Å². The lowest BCUT2D eigenvalue weighted by atomic mass is 9.84. The summed E-state index contributed by atoms with van der Waals surface area (Å²) in [5.74, 6) is 0. The second-order valence-electron chi connectivity index (χ2n) is 5.57. The Morgan fingerprint density at radius 2 is 1.57 bits per heavy atom. The van der Waals surface area contributed by atoms with Gasteiger partial charge in [0, 0.05) is 11.2 Å². The number of pyridine rings is 1. The van der Waals surface area contributed by atoms with Gasteiger partial charge >= 0.3 is 0 Å². The second-order valence-corrected chi connectivity index (χ2v) is 6.00. The van der Waals surface area contributed by atoms with Crippen LogP contribution in [0.3, 0.4) is 0 Å². The fourth-order valence-corrected chi connectivity index (χ4v) is 2.85. The molecule has 0 aliphatic heterocycles. The van der Waals surface area contributed by atoms with Gasteiger partial charge in [0.1, 0.15) is 5.60 Å². The molecule has 3 rings (SSSR count). The quantitative estimate of drug-likeness (QED) is 0.744. The van der Waals surface area contributed by atoms with Crippen molar-refractivity contribution < 1.29 is 5.11 Å². The molecule has 0 saturated heterocycles. The molecule has 1 atom stereocenters. The molecule has 1 heterocycles. The zero-order valence-corrected chi connectivity index (χ0v) is 13.4. The third-order valence-corrected chi connectivity index (χ3v) is 4.28. The molecule has 2 nitrogen and oxygen atoms in total. The van der Waals surface area contributed by atoms with Crippen LogP contribution >= 0.6 is 11.6 Å². The van der Waals surface area contributed by atoms with Crippen molar-refractivity contribution in [2.45, 2.75) is 18.4 Å². The fourth-order valence-electron chi connectivity index (χ4n) is 2.72. The van der Waals surface area contributed by atoms with Gasteiger partial charge in [0.05, 0.1) is 5.69 Å². The first-order valence-electron chi connectivity index (χ1n) is 7.62. The summed E-state index contributed by atoms with van der Waals surface area (Å²) in [5, 5.41) is 12.1. The minimum atomic E-state index is -1.14. The van der Waals surface area contributed by atoms with E-state index in [-0.39, 0.29) is 0 Å². The SMILES string of the molecule is O[C@](CCc1ccccc1)(c1ccc(Cl)cc1)c1ccccn1. The van der Waals surface area contributed by atoms with Gasteiger partial charge in [-0.05, 0) is 48.2 Å². The van der Waals surface area contributed by atoms with Crippen LogP contribution in [0.2, 0.25) is 5.02 Å². The number of halogens is 1. The van der Waals surface area contributed by atoms with E-state index in [0.717, 1.165) is 12.0 Å². The van der Waals surface area contributed by atoms with E-state index in [1.165, 1.54) is 5.56 Å². The molecule has 0 fully saturated rings. The van der Waals surface area contributed by atoms with Gasteiger partial charge in [0.25, 0.3) is 0 Å². The summed E-state index contributed by atoms with van der Waals surface area (Å²) >= 11 is 5.98. The van der Waals surface area contributed by atoms with Crippen molar-refractivity contribution in [3.05, 3.63) is 101 Å². The molecule has 23 heavy (non-hydrogen) atoms. The van der Waals surface area contributed by atoms with Gasteiger partial charge in [-0.3, -0.25) is 4.98 Å². The summed E-state index contributed by atoms with van der Waals surface area (Å²) in [7, 11) is 0. The van der Waals surface area contributed by atoms with Gasteiger partial charge in [-0.2, -0.15) is 0 Å². The summed E-state index contributed by atoms with van der Waals surface area (Å²) in [4.78, 5) is 4.38. The van der Waals surface area contributed by atoms with Crippen LogP contribution in [0.4, 0.5) is 0 Å². The maximum atomic E-state index is 11.4. The minimum absolute atomic E-state index is 0.551. The topological polar surface area (TPSA) is 33.1 Å². The summed E-state index contributed by atoms with van der Waals surface area (Å²) in [6.45, 7) is 0. The molecule has 0 unspecified atom stereocenters. The Kier molecular flexibility index (Phi) is 4.75. The van der Waals surface area contributed by atoms with Gasteiger partial charge in [0.2, 0.25) is 0 Å². The molecule has 0 aliphatic carbocycles. The molecule has 0 saturated carbocycles. The lowest BCUT2D eigenvalue weighted by Crippen LogP contribution is -2.29. The summed E-state index contributed by atoms with van der Waals surface area (Å²) < 4.78 is 0. The highest BCUT2D eigenvalue weighted by Crippen LogP contribution is 2.33. The first-order chi connectivity index (χ1) is 11.2. The molecule has 2 aromatic carbocycles. The van der Waals surface area contributed by atoms with Gasteiger partial charge < -0.3 is 5.11 Å². The summed E-state index contributed by atoms with van der Waals surface area (Å²) in [5.41, 5.74) is 1.51. The molecule has 3 heteroatoms. The highest BCUT2D eigenvalue weighted by Gasteiger charge is 2.32. The maximum absolute atomic E-state index is 11.4. The van der Waals surface area contributed by atoms with E-state index in [4.69, 9.17) is 11.6 Å². The van der Waals surface area contributed by atoms with Crippen molar-refractivity contribution in [1.29, 1.82) is 0 Å².